The van der Waals surface area contributed by atoms with Crippen molar-refractivity contribution in [3.63, 3.8) is 0 Å². The van der Waals surface area contributed by atoms with E-state index in [1.54, 1.807) is 12.3 Å². The SMILES string of the molecule is CCCn1cc(N)cc1C(=O)OCCN1CCOCC1. The quantitative estimate of drug-likeness (QED) is 0.787. The first-order chi connectivity index (χ1) is 9.70. The number of carbonyl (C=O) groups is 1. The smallest absolute Gasteiger partial charge is 0.355 e. The van der Waals surface area contributed by atoms with Crippen LogP contribution in [0.1, 0.15) is 23.8 Å². The van der Waals surface area contributed by atoms with E-state index in [0.29, 0.717) is 18.0 Å². The fraction of sp³-hybridized carbons (Fsp3) is 0.643. The van der Waals surface area contributed by atoms with Crippen LogP contribution in [0, 0.1) is 0 Å². The number of nitrogens with zero attached hydrogens (tertiary/aromatic N) is 2. The summed E-state index contributed by atoms with van der Waals surface area (Å²) in [5.74, 6) is -0.302. The fourth-order valence-electron chi connectivity index (χ4n) is 2.30. The maximum Gasteiger partial charge on any atom is 0.355 e. The predicted octanol–water partition coefficient (Wildman–Crippen LogP) is 0.969. The standard InChI is InChI=1S/C14H23N3O3/c1-2-3-17-11-12(15)10-13(17)14(18)20-9-6-16-4-7-19-8-5-16/h10-11H,2-9,15H2,1H3. The van der Waals surface area contributed by atoms with Gasteiger partial charge in [0.25, 0.3) is 0 Å². The summed E-state index contributed by atoms with van der Waals surface area (Å²) in [5.41, 5.74) is 6.87. The Hall–Kier alpha value is -1.53. The first-order valence-electron chi connectivity index (χ1n) is 7.13. The van der Waals surface area contributed by atoms with Crippen LogP contribution in [-0.4, -0.2) is 54.9 Å². The van der Waals surface area contributed by atoms with Gasteiger partial charge >= 0.3 is 5.97 Å². The number of rotatable bonds is 6. The van der Waals surface area contributed by atoms with Crippen LogP contribution in [0.15, 0.2) is 12.3 Å². The molecule has 2 rings (SSSR count). The molecule has 1 saturated heterocycles. The molecule has 1 aromatic rings. The lowest BCUT2D eigenvalue weighted by molar-refractivity contribution is 0.0191. The zero-order chi connectivity index (χ0) is 14.4. The van der Waals surface area contributed by atoms with E-state index in [2.05, 4.69) is 11.8 Å². The van der Waals surface area contributed by atoms with Crippen molar-refractivity contribution in [2.45, 2.75) is 19.9 Å². The third-order valence-electron chi connectivity index (χ3n) is 3.34. The molecule has 20 heavy (non-hydrogen) atoms. The lowest BCUT2D eigenvalue weighted by Gasteiger charge is -2.26. The van der Waals surface area contributed by atoms with Crippen LogP contribution in [0.25, 0.3) is 0 Å². The van der Waals surface area contributed by atoms with Gasteiger partial charge in [0.2, 0.25) is 0 Å². The Morgan fingerprint density at radius 1 is 1.40 bits per heavy atom. The Balaban J connectivity index is 1.81. The molecule has 0 amide bonds. The van der Waals surface area contributed by atoms with Gasteiger partial charge in [0.05, 0.1) is 18.9 Å². The largest absolute Gasteiger partial charge is 0.460 e. The van der Waals surface area contributed by atoms with Crippen LogP contribution in [0.3, 0.4) is 0 Å². The molecule has 0 radical (unpaired) electrons. The van der Waals surface area contributed by atoms with Gasteiger partial charge in [0.15, 0.2) is 0 Å². The minimum Gasteiger partial charge on any atom is -0.460 e. The minimum atomic E-state index is -0.302. The van der Waals surface area contributed by atoms with Crippen LogP contribution in [0.5, 0.6) is 0 Å². The number of hydrogen-bond donors (Lipinski definition) is 1. The van der Waals surface area contributed by atoms with Gasteiger partial charge in [-0.1, -0.05) is 6.92 Å². The van der Waals surface area contributed by atoms with E-state index >= 15 is 0 Å². The average molecular weight is 281 g/mol. The summed E-state index contributed by atoms with van der Waals surface area (Å²) in [5, 5.41) is 0. The molecule has 0 aromatic carbocycles. The number of nitrogen functional groups attached to an aromatic ring is 1. The van der Waals surface area contributed by atoms with Gasteiger partial charge in [-0.25, -0.2) is 4.79 Å². The van der Waals surface area contributed by atoms with E-state index in [0.717, 1.165) is 45.8 Å². The second-order valence-electron chi connectivity index (χ2n) is 4.94. The molecule has 2 heterocycles. The number of aryl methyl sites for hydroxylation is 1. The normalized spacial score (nSPS) is 16.2. The molecule has 112 valence electrons. The van der Waals surface area contributed by atoms with Crippen LogP contribution in [0.4, 0.5) is 5.69 Å². The molecular weight excluding hydrogens is 258 g/mol. The highest BCUT2D eigenvalue weighted by Crippen LogP contribution is 2.12. The maximum atomic E-state index is 12.1. The van der Waals surface area contributed by atoms with Crippen molar-refractivity contribution in [3.05, 3.63) is 18.0 Å². The number of hydrogen-bond acceptors (Lipinski definition) is 5. The lowest BCUT2D eigenvalue weighted by atomic mass is 10.4. The van der Waals surface area contributed by atoms with Gasteiger partial charge in [0, 0.05) is 32.4 Å². The zero-order valence-electron chi connectivity index (χ0n) is 12.0. The Morgan fingerprint density at radius 3 is 2.85 bits per heavy atom. The molecule has 1 aliphatic heterocycles. The second-order valence-corrected chi connectivity index (χ2v) is 4.94. The monoisotopic (exact) mass is 281 g/mol. The number of ether oxygens (including phenoxy) is 2. The summed E-state index contributed by atoms with van der Waals surface area (Å²) >= 11 is 0. The van der Waals surface area contributed by atoms with Crippen molar-refractivity contribution in [1.29, 1.82) is 0 Å². The summed E-state index contributed by atoms with van der Waals surface area (Å²) in [6.07, 6.45) is 2.73. The Kier molecular flexibility index (Phi) is 5.43. The van der Waals surface area contributed by atoms with Gasteiger partial charge in [0.1, 0.15) is 12.3 Å². The van der Waals surface area contributed by atoms with Gasteiger partial charge < -0.3 is 19.8 Å². The van der Waals surface area contributed by atoms with E-state index in [1.165, 1.54) is 0 Å². The molecular formula is C14H23N3O3. The molecule has 0 bridgehead atoms. The molecule has 1 aromatic heterocycles. The fourth-order valence-corrected chi connectivity index (χ4v) is 2.30. The number of morpholine rings is 1. The minimum absolute atomic E-state index is 0.302. The summed E-state index contributed by atoms with van der Waals surface area (Å²) in [6.45, 7) is 7.28. The summed E-state index contributed by atoms with van der Waals surface area (Å²) in [6, 6.07) is 1.67. The molecule has 1 fully saturated rings. The molecule has 0 aliphatic carbocycles. The number of carbonyl (C=O) groups excluding carboxylic acids is 1. The zero-order valence-corrected chi connectivity index (χ0v) is 12.0. The van der Waals surface area contributed by atoms with Crippen LogP contribution >= 0.6 is 0 Å². The summed E-state index contributed by atoms with van der Waals surface area (Å²) < 4.78 is 12.5. The number of aromatic nitrogens is 1. The Morgan fingerprint density at radius 2 is 2.15 bits per heavy atom. The maximum absolute atomic E-state index is 12.1. The Bertz CT molecular complexity index is 439. The topological polar surface area (TPSA) is 69.7 Å². The van der Waals surface area contributed by atoms with Crippen molar-refractivity contribution in [3.8, 4) is 0 Å². The highest BCUT2D eigenvalue weighted by molar-refractivity contribution is 5.89. The molecule has 0 unspecified atom stereocenters. The molecule has 0 atom stereocenters. The second kappa shape index (κ2) is 7.31. The summed E-state index contributed by atoms with van der Waals surface area (Å²) in [7, 11) is 0. The van der Waals surface area contributed by atoms with E-state index in [-0.39, 0.29) is 5.97 Å². The van der Waals surface area contributed by atoms with Crippen molar-refractivity contribution in [1.82, 2.24) is 9.47 Å². The van der Waals surface area contributed by atoms with E-state index in [1.807, 2.05) is 4.57 Å². The van der Waals surface area contributed by atoms with Crippen molar-refractivity contribution in [2.75, 3.05) is 45.2 Å². The highest BCUT2D eigenvalue weighted by atomic mass is 16.5. The molecule has 2 N–H and O–H groups in total. The van der Waals surface area contributed by atoms with Gasteiger partial charge in [-0.3, -0.25) is 4.90 Å². The van der Waals surface area contributed by atoms with Gasteiger partial charge in [-0.05, 0) is 12.5 Å². The predicted molar refractivity (Wildman–Crippen MR) is 76.7 cm³/mol. The number of nitrogens with two attached hydrogens (primary N) is 1. The first kappa shape index (κ1) is 14.9. The Labute approximate surface area is 119 Å². The molecule has 0 spiro atoms. The van der Waals surface area contributed by atoms with Crippen LogP contribution < -0.4 is 5.73 Å². The molecule has 6 heteroatoms. The average Bonchev–Trinajstić information content (AvgIpc) is 2.81. The van der Waals surface area contributed by atoms with Crippen molar-refractivity contribution < 1.29 is 14.3 Å². The van der Waals surface area contributed by atoms with E-state index in [4.69, 9.17) is 15.2 Å². The highest BCUT2D eigenvalue weighted by Gasteiger charge is 2.15. The van der Waals surface area contributed by atoms with Crippen LogP contribution in [-0.2, 0) is 16.0 Å². The van der Waals surface area contributed by atoms with Crippen molar-refractivity contribution in [2.24, 2.45) is 0 Å². The van der Waals surface area contributed by atoms with Gasteiger partial charge in [-0.2, -0.15) is 0 Å². The summed E-state index contributed by atoms with van der Waals surface area (Å²) in [4.78, 5) is 14.3. The third-order valence-corrected chi connectivity index (χ3v) is 3.34. The lowest BCUT2D eigenvalue weighted by Crippen LogP contribution is -2.38. The first-order valence-corrected chi connectivity index (χ1v) is 7.13. The van der Waals surface area contributed by atoms with Crippen molar-refractivity contribution >= 4 is 11.7 Å². The molecule has 1 aliphatic rings. The molecule has 0 saturated carbocycles. The number of anilines is 1. The van der Waals surface area contributed by atoms with Gasteiger partial charge in [-0.15, -0.1) is 0 Å². The molecule has 6 nitrogen and oxygen atoms in total. The van der Waals surface area contributed by atoms with Crippen LogP contribution in [0.2, 0.25) is 0 Å². The van der Waals surface area contributed by atoms with E-state index in [9.17, 15) is 4.79 Å². The third kappa shape index (κ3) is 3.98. The number of esters is 1. The van der Waals surface area contributed by atoms with E-state index < -0.39 is 0 Å².